The molecule has 2 bridgehead atoms. The summed E-state index contributed by atoms with van der Waals surface area (Å²) < 4.78 is 0. The molecule has 0 radical (unpaired) electrons. The highest BCUT2D eigenvalue weighted by Gasteiger charge is 2.40. The number of allylic oxidation sites excluding steroid dienone is 1. The summed E-state index contributed by atoms with van der Waals surface area (Å²) in [5, 5.41) is 34.9. The summed E-state index contributed by atoms with van der Waals surface area (Å²) >= 11 is 0. The van der Waals surface area contributed by atoms with Crippen molar-refractivity contribution >= 4 is 35.5 Å². The van der Waals surface area contributed by atoms with E-state index < -0.39 is 77.7 Å². The second-order valence-electron chi connectivity index (χ2n) is 15.8. The van der Waals surface area contributed by atoms with Crippen LogP contribution in [0.25, 0.3) is 0 Å². The highest BCUT2D eigenvalue weighted by Crippen LogP contribution is 2.23. The van der Waals surface area contributed by atoms with Crippen LogP contribution in [0.1, 0.15) is 96.6 Å². The minimum Gasteiger partial charge on any atom is -0.508 e. The Balaban J connectivity index is 2.00. The Morgan fingerprint density at radius 2 is 1.75 bits per heavy atom. The molecule has 1 saturated heterocycles. The van der Waals surface area contributed by atoms with Gasteiger partial charge in [-0.25, -0.2) is 4.79 Å². The Morgan fingerprint density at radius 1 is 1.00 bits per heavy atom. The van der Waals surface area contributed by atoms with E-state index in [2.05, 4.69) is 26.6 Å². The molecule has 11 N–H and O–H groups in total. The van der Waals surface area contributed by atoms with Crippen LogP contribution < -0.4 is 38.1 Å². The maximum atomic E-state index is 14.3. The molecule has 1 aromatic carbocycles. The molecule has 3 rings (SSSR count). The average molecular weight is 799 g/mol. The summed E-state index contributed by atoms with van der Waals surface area (Å²) in [7, 11) is 0. The Kier molecular flexibility index (Phi) is 19.4. The van der Waals surface area contributed by atoms with Gasteiger partial charge in [0.2, 0.25) is 29.5 Å². The number of carboxylic acid groups (broad SMARTS) is 1. The first-order valence-electron chi connectivity index (χ1n) is 20.5. The lowest BCUT2D eigenvalue weighted by Gasteiger charge is -2.31. The summed E-state index contributed by atoms with van der Waals surface area (Å²) in [5.74, 6) is -4.33. The molecule has 318 valence electrons. The third-order valence-electron chi connectivity index (χ3n) is 10.7. The van der Waals surface area contributed by atoms with Crippen molar-refractivity contribution in [2.75, 3.05) is 26.2 Å². The molecule has 0 saturated carbocycles. The Labute approximate surface area is 336 Å². The van der Waals surface area contributed by atoms with Crippen LogP contribution in [0.15, 0.2) is 30.4 Å². The maximum absolute atomic E-state index is 14.3. The zero-order valence-corrected chi connectivity index (χ0v) is 34.1. The minimum atomic E-state index is -1.23. The first kappa shape index (κ1) is 46.8. The third-order valence-corrected chi connectivity index (χ3v) is 10.7. The summed E-state index contributed by atoms with van der Waals surface area (Å²) in [4.78, 5) is 82.9. The summed E-state index contributed by atoms with van der Waals surface area (Å²) in [6.45, 7) is 9.13. The van der Waals surface area contributed by atoms with Gasteiger partial charge in [-0.05, 0) is 99.9 Å². The molecular weight excluding hydrogens is 732 g/mol. The van der Waals surface area contributed by atoms with Gasteiger partial charge < -0.3 is 53.2 Å². The number of aliphatic carboxylic acids is 1. The van der Waals surface area contributed by atoms with E-state index in [1.165, 1.54) is 11.0 Å². The van der Waals surface area contributed by atoms with Gasteiger partial charge in [-0.15, -0.1) is 0 Å². The van der Waals surface area contributed by atoms with Gasteiger partial charge in [-0.2, -0.15) is 0 Å². The molecule has 16 heteroatoms. The van der Waals surface area contributed by atoms with Crippen LogP contribution in [0.5, 0.6) is 5.75 Å². The number of unbranched alkanes of at least 4 members (excludes halogenated alkanes) is 1. The number of fused-ring (bicyclic) bond motifs is 3. The summed E-state index contributed by atoms with van der Waals surface area (Å²) in [6, 6.07) is -1.29. The number of carbonyl (C=O) groups excluding carboxylic acids is 5. The number of nitrogens with one attached hydrogen (secondary N) is 5. The topological polar surface area (TPSA) is 258 Å². The van der Waals surface area contributed by atoms with Gasteiger partial charge in [0.05, 0.1) is 6.04 Å². The Bertz CT molecular complexity index is 1550. The number of amides is 5. The number of nitrogens with zero attached hydrogens (tertiary/aromatic N) is 1. The largest absolute Gasteiger partial charge is 0.508 e. The standard InChI is InChI=1S/C41H66N8O8/c1-5-26(4)35(39(54)47-32(41(56)57)22-25(2)3)48-37(52)31-24-27-16-17-34(50)28(23-27)12-7-9-19-44-20-10-13-29(43)36(51)45-30(14-6-8-18-42)40(55)49-21-11-15-33(49)38(53)46-31/h7,9,16-17,23,25-26,29-33,35,44,50H,5-6,8,10-15,18-22,24,42-43H2,1-4H3,(H,45,51)(H,46,53)(H,47,54)(H,48,52)(H,56,57)/t26-,29+,30-,31+,32-,33-,35-/m0/s1. The smallest absolute Gasteiger partial charge is 0.326 e. The first-order valence-corrected chi connectivity index (χ1v) is 20.5. The molecule has 1 fully saturated rings. The van der Waals surface area contributed by atoms with Crippen LogP contribution >= 0.6 is 0 Å². The van der Waals surface area contributed by atoms with Gasteiger partial charge in [0.15, 0.2) is 0 Å². The zero-order chi connectivity index (χ0) is 42.1. The number of phenolic OH excluding ortho intramolecular Hbond substituents is 1. The van der Waals surface area contributed by atoms with E-state index in [1.807, 2.05) is 32.9 Å². The van der Waals surface area contributed by atoms with Gasteiger partial charge in [0.25, 0.3) is 0 Å². The molecule has 57 heavy (non-hydrogen) atoms. The fourth-order valence-corrected chi connectivity index (χ4v) is 7.14. The van der Waals surface area contributed by atoms with Crippen LogP contribution in [0.4, 0.5) is 0 Å². The third kappa shape index (κ3) is 14.7. The maximum Gasteiger partial charge on any atom is 0.326 e. The lowest BCUT2D eigenvalue weighted by molar-refractivity contribution is -0.143. The average Bonchev–Trinajstić information content (AvgIpc) is 3.67. The fourth-order valence-electron chi connectivity index (χ4n) is 7.14. The number of aromatic hydroxyl groups is 1. The molecule has 7 atom stereocenters. The summed E-state index contributed by atoms with van der Waals surface area (Å²) in [5.41, 5.74) is 13.2. The highest BCUT2D eigenvalue weighted by atomic mass is 16.4. The van der Waals surface area contributed by atoms with Crippen LogP contribution in [0.3, 0.4) is 0 Å². The minimum absolute atomic E-state index is 0.0204. The molecule has 0 aliphatic carbocycles. The van der Waals surface area contributed by atoms with Crippen molar-refractivity contribution in [3.8, 4) is 5.75 Å². The predicted molar refractivity (Wildman–Crippen MR) is 217 cm³/mol. The van der Waals surface area contributed by atoms with E-state index >= 15 is 0 Å². The Hall–Kier alpha value is -4.54. The van der Waals surface area contributed by atoms with Crippen molar-refractivity contribution in [1.29, 1.82) is 0 Å². The zero-order valence-electron chi connectivity index (χ0n) is 34.1. The number of phenols is 1. The van der Waals surface area contributed by atoms with E-state index in [9.17, 15) is 39.0 Å². The van der Waals surface area contributed by atoms with Crippen molar-refractivity contribution < 1.29 is 39.0 Å². The lowest BCUT2D eigenvalue weighted by atomic mass is 9.95. The number of hydrogen-bond acceptors (Lipinski definition) is 10. The molecule has 0 spiro atoms. The van der Waals surface area contributed by atoms with Crippen LogP contribution in [0.2, 0.25) is 0 Å². The predicted octanol–water partition coefficient (Wildman–Crippen LogP) is 0.980. The van der Waals surface area contributed by atoms with E-state index in [4.69, 9.17) is 11.5 Å². The molecule has 0 aromatic heterocycles. The molecule has 1 aromatic rings. The number of rotatable bonds is 13. The van der Waals surface area contributed by atoms with Crippen molar-refractivity contribution in [3.05, 3.63) is 41.5 Å². The molecule has 2 heterocycles. The molecule has 16 nitrogen and oxygen atoms in total. The van der Waals surface area contributed by atoms with Crippen LogP contribution in [-0.2, 0) is 41.6 Å². The van der Waals surface area contributed by atoms with E-state index in [0.29, 0.717) is 88.5 Å². The van der Waals surface area contributed by atoms with Crippen LogP contribution in [-0.4, -0.2) is 113 Å². The first-order chi connectivity index (χ1) is 27.2. The quantitative estimate of drug-likeness (QED) is 0.100. The number of carboxylic acids is 1. The van der Waals surface area contributed by atoms with Gasteiger partial charge in [-0.3, -0.25) is 24.0 Å². The van der Waals surface area contributed by atoms with Crippen molar-refractivity contribution in [1.82, 2.24) is 31.5 Å². The van der Waals surface area contributed by atoms with Gasteiger partial charge in [0.1, 0.15) is 36.0 Å². The van der Waals surface area contributed by atoms with Gasteiger partial charge in [0, 0.05) is 19.5 Å². The lowest BCUT2D eigenvalue weighted by Crippen LogP contribution is -2.60. The van der Waals surface area contributed by atoms with E-state index in [1.54, 1.807) is 19.1 Å². The van der Waals surface area contributed by atoms with Crippen LogP contribution in [0, 0.1) is 11.8 Å². The summed E-state index contributed by atoms with van der Waals surface area (Å²) in [6.07, 6.45) is 8.22. The van der Waals surface area contributed by atoms with Crippen molar-refractivity contribution in [2.24, 2.45) is 23.3 Å². The van der Waals surface area contributed by atoms with E-state index in [0.717, 1.165) is 0 Å². The normalized spacial score (nSPS) is 23.2. The number of carbonyl (C=O) groups is 6. The van der Waals surface area contributed by atoms with Gasteiger partial charge >= 0.3 is 5.97 Å². The second-order valence-corrected chi connectivity index (χ2v) is 15.8. The van der Waals surface area contributed by atoms with Gasteiger partial charge in [-0.1, -0.05) is 58.4 Å². The fraction of sp³-hybridized carbons (Fsp3) is 0.659. The van der Waals surface area contributed by atoms with Crippen molar-refractivity contribution in [3.63, 3.8) is 0 Å². The molecule has 2 aliphatic rings. The highest BCUT2D eigenvalue weighted by molar-refractivity contribution is 5.96. The van der Waals surface area contributed by atoms with Crippen molar-refractivity contribution in [2.45, 2.75) is 135 Å². The molecule has 0 unspecified atom stereocenters. The molecular formula is C41H66N8O8. The second kappa shape index (κ2) is 23.6. The van der Waals surface area contributed by atoms with E-state index in [-0.39, 0.29) is 31.1 Å². The molecule has 5 amide bonds. The number of benzene rings is 1. The molecule has 2 aliphatic heterocycles. The number of nitrogens with two attached hydrogens (primary N) is 2. The SMILES string of the molecule is CC[C@H](C)[C@H](NC(=O)[C@H]1Cc2ccc(O)c(c2)CC=CCNCCC[C@@H](N)C(=O)N[C@@H](CCCCN)C(=O)N2CCC[C@H]2C(=O)N1)C(=O)N[C@@H](CC(C)C)C(=O)O. The Morgan fingerprint density at radius 3 is 2.44 bits per heavy atom. The number of hydrogen-bond donors (Lipinski definition) is 9. The monoisotopic (exact) mass is 799 g/mol.